The SMILES string of the molecule is CCCNC(=O)C(Cc1ccccc1)N(Cc1ccccc1C)C(=O)COc1ccccc1. The van der Waals surface area contributed by atoms with Gasteiger partial charge in [-0.25, -0.2) is 0 Å². The molecule has 1 unspecified atom stereocenters. The highest BCUT2D eigenvalue weighted by atomic mass is 16.5. The van der Waals surface area contributed by atoms with Gasteiger partial charge in [-0.1, -0.05) is 79.7 Å². The van der Waals surface area contributed by atoms with Crippen molar-refractivity contribution in [3.05, 3.63) is 102 Å². The Kier molecular flexibility index (Phi) is 9.07. The second kappa shape index (κ2) is 12.4. The molecule has 0 radical (unpaired) electrons. The fourth-order valence-electron chi connectivity index (χ4n) is 3.64. The van der Waals surface area contributed by atoms with Crippen LogP contribution in [0.25, 0.3) is 0 Å². The Morgan fingerprint density at radius 3 is 2.21 bits per heavy atom. The van der Waals surface area contributed by atoms with Crippen molar-refractivity contribution in [2.24, 2.45) is 0 Å². The summed E-state index contributed by atoms with van der Waals surface area (Å²) in [6, 6.07) is 26.3. The molecule has 0 aliphatic rings. The van der Waals surface area contributed by atoms with E-state index in [-0.39, 0.29) is 18.4 Å². The van der Waals surface area contributed by atoms with Crippen LogP contribution >= 0.6 is 0 Å². The molecule has 0 bridgehead atoms. The number of nitrogens with one attached hydrogen (secondary N) is 1. The minimum absolute atomic E-state index is 0.137. The summed E-state index contributed by atoms with van der Waals surface area (Å²) >= 11 is 0. The Labute approximate surface area is 196 Å². The zero-order valence-electron chi connectivity index (χ0n) is 19.4. The number of amides is 2. The third-order valence-electron chi connectivity index (χ3n) is 5.53. The predicted molar refractivity (Wildman–Crippen MR) is 131 cm³/mol. The Balaban J connectivity index is 1.89. The first kappa shape index (κ1) is 24.1. The van der Waals surface area contributed by atoms with E-state index < -0.39 is 6.04 Å². The highest BCUT2D eigenvalue weighted by molar-refractivity contribution is 5.88. The van der Waals surface area contributed by atoms with Gasteiger partial charge in [0.05, 0.1) is 0 Å². The van der Waals surface area contributed by atoms with Gasteiger partial charge in [0, 0.05) is 19.5 Å². The number of ether oxygens (including phenoxy) is 1. The monoisotopic (exact) mass is 444 g/mol. The molecular weight excluding hydrogens is 412 g/mol. The molecule has 0 aliphatic carbocycles. The van der Waals surface area contributed by atoms with Crippen LogP contribution in [0.2, 0.25) is 0 Å². The summed E-state index contributed by atoms with van der Waals surface area (Å²) in [5.41, 5.74) is 3.08. The highest BCUT2D eigenvalue weighted by Gasteiger charge is 2.30. The van der Waals surface area contributed by atoms with Crippen molar-refractivity contribution in [1.29, 1.82) is 0 Å². The third kappa shape index (κ3) is 7.21. The van der Waals surface area contributed by atoms with Gasteiger partial charge in [-0.05, 0) is 42.2 Å². The molecule has 3 aromatic rings. The molecule has 3 aromatic carbocycles. The summed E-state index contributed by atoms with van der Waals surface area (Å²) < 4.78 is 5.76. The first-order valence-corrected chi connectivity index (χ1v) is 11.4. The fourth-order valence-corrected chi connectivity index (χ4v) is 3.64. The molecule has 2 amide bonds. The number of hydrogen-bond acceptors (Lipinski definition) is 3. The van der Waals surface area contributed by atoms with E-state index in [4.69, 9.17) is 4.74 Å². The Morgan fingerprint density at radius 2 is 1.55 bits per heavy atom. The maximum Gasteiger partial charge on any atom is 0.261 e. The average molecular weight is 445 g/mol. The van der Waals surface area contributed by atoms with E-state index in [2.05, 4.69) is 5.32 Å². The van der Waals surface area contributed by atoms with Gasteiger partial charge in [0.1, 0.15) is 11.8 Å². The van der Waals surface area contributed by atoms with E-state index in [1.165, 1.54) is 0 Å². The molecule has 0 saturated carbocycles. The van der Waals surface area contributed by atoms with Gasteiger partial charge < -0.3 is 15.0 Å². The molecule has 172 valence electrons. The van der Waals surface area contributed by atoms with E-state index in [0.29, 0.717) is 25.3 Å². The zero-order valence-corrected chi connectivity index (χ0v) is 19.4. The Morgan fingerprint density at radius 1 is 0.909 bits per heavy atom. The number of carbonyl (C=O) groups is 2. The molecule has 0 aliphatic heterocycles. The summed E-state index contributed by atoms with van der Waals surface area (Å²) in [5, 5.41) is 2.99. The molecule has 5 nitrogen and oxygen atoms in total. The lowest BCUT2D eigenvalue weighted by Crippen LogP contribution is -2.51. The summed E-state index contributed by atoms with van der Waals surface area (Å²) in [5.74, 6) is 0.244. The molecule has 5 heteroatoms. The second-order valence-corrected chi connectivity index (χ2v) is 8.05. The Bertz CT molecular complexity index is 1020. The van der Waals surface area contributed by atoms with Crippen LogP contribution < -0.4 is 10.1 Å². The van der Waals surface area contributed by atoms with Gasteiger partial charge in [0.15, 0.2) is 6.61 Å². The molecule has 0 aromatic heterocycles. The molecule has 1 N–H and O–H groups in total. The molecule has 0 fully saturated rings. The first-order chi connectivity index (χ1) is 16.1. The summed E-state index contributed by atoms with van der Waals surface area (Å²) in [7, 11) is 0. The van der Waals surface area contributed by atoms with Crippen molar-refractivity contribution < 1.29 is 14.3 Å². The van der Waals surface area contributed by atoms with Gasteiger partial charge in [0.25, 0.3) is 5.91 Å². The van der Waals surface area contributed by atoms with E-state index in [9.17, 15) is 9.59 Å². The lowest BCUT2D eigenvalue weighted by molar-refractivity contribution is -0.142. The number of para-hydroxylation sites is 1. The van der Waals surface area contributed by atoms with Crippen LogP contribution in [0, 0.1) is 6.92 Å². The van der Waals surface area contributed by atoms with Gasteiger partial charge in [-0.2, -0.15) is 0 Å². The maximum absolute atomic E-state index is 13.5. The molecule has 3 rings (SSSR count). The summed E-state index contributed by atoms with van der Waals surface area (Å²) in [4.78, 5) is 28.4. The van der Waals surface area contributed by atoms with Gasteiger partial charge in [-0.3, -0.25) is 9.59 Å². The van der Waals surface area contributed by atoms with E-state index in [1.54, 1.807) is 4.90 Å². The number of carbonyl (C=O) groups excluding carboxylic acids is 2. The van der Waals surface area contributed by atoms with Crippen LogP contribution in [-0.2, 0) is 22.6 Å². The van der Waals surface area contributed by atoms with Crippen molar-refractivity contribution in [1.82, 2.24) is 10.2 Å². The molecular formula is C28H32N2O3. The van der Waals surface area contributed by atoms with Crippen molar-refractivity contribution in [3.8, 4) is 5.75 Å². The summed E-state index contributed by atoms with van der Waals surface area (Å²) in [6.07, 6.45) is 1.26. The normalized spacial score (nSPS) is 11.5. The number of benzene rings is 3. The standard InChI is InChI=1S/C28H32N2O3/c1-3-18-29-28(32)26(19-23-13-6-4-7-14-23)30(20-24-15-11-10-12-22(24)2)27(31)21-33-25-16-8-5-9-17-25/h4-17,26H,3,18-21H2,1-2H3,(H,29,32). The minimum atomic E-state index is -0.648. The van der Waals surface area contributed by atoms with Gasteiger partial charge in [-0.15, -0.1) is 0 Å². The van der Waals surface area contributed by atoms with E-state index in [1.807, 2.05) is 98.8 Å². The van der Waals surface area contributed by atoms with E-state index >= 15 is 0 Å². The summed E-state index contributed by atoms with van der Waals surface area (Å²) in [6.45, 7) is 4.79. The van der Waals surface area contributed by atoms with E-state index in [0.717, 1.165) is 23.1 Å². The topological polar surface area (TPSA) is 58.6 Å². The number of nitrogens with zero attached hydrogens (tertiary/aromatic N) is 1. The molecule has 33 heavy (non-hydrogen) atoms. The average Bonchev–Trinajstić information content (AvgIpc) is 2.85. The van der Waals surface area contributed by atoms with Crippen LogP contribution in [0.3, 0.4) is 0 Å². The third-order valence-corrected chi connectivity index (χ3v) is 5.53. The van der Waals surface area contributed by atoms with Crippen LogP contribution in [0.5, 0.6) is 5.75 Å². The zero-order chi connectivity index (χ0) is 23.5. The minimum Gasteiger partial charge on any atom is -0.484 e. The molecule has 0 spiro atoms. The predicted octanol–water partition coefficient (Wildman–Crippen LogP) is 4.54. The lowest BCUT2D eigenvalue weighted by Gasteiger charge is -2.32. The molecule has 1 atom stereocenters. The smallest absolute Gasteiger partial charge is 0.261 e. The second-order valence-electron chi connectivity index (χ2n) is 8.05. The van der Waals surface area contributed by atoms with Crippen molar-refractivity contribution in [2.45, 2.75) is 39.3 Å². The quantitative estimate of drug-likeness (QED) is 0.472. The van der Waals surface area contributed by atoms with Gasteiger partial charge >= 0.3 is 0 Å². The van der Waals surface area contributed by atoms with Crippen molar-refractivity contribution >= 4 is 11.8 Å². The number of aryl methyl sites for hydroxylation is 1. The number of hydrogen-bond donors (Lipinski definition) is 1. The van der Waals surface area contributed by atoms with Crippen molar-refractivity contribution in [2.75, 3.05) is 13.2 Å². The first-order valence-electron chi connectivity index (χ1n) is 11.4. The van der Waals surface area contributed by atoms with Crippen LogP contribution in [-0.4, -0.2) is 35.9 Å². The number of rotatable bonds is 11. The van der Waals surface area contributed by atoms with Gasteiger partial charge in [0.2, 0.25) is 5.91 Å². The van der Waals surface area contributed by atoms with Crippen molar-refractivity contribution in [3.63, 3.8) is 0 Å². The van der Waals surface area contributed by atoms with Crippen LogP contribution in [0.15, 0.2) is 84.9 Å². The van der Waals surface area contributed by atoms with Crippen LogP contribution in [0.4, 0.5) is 0 Å². The molecule has 0 heterocycles. The highest BCUT2D eigenvalue weighted by Crippen LogP contribution is 2.18. The molecule has 0 saturated heterocycles. The fraction of sp³-hybridized carbons (Fsp3) is 0.286. The lowest BCUT2D eigenvalue weighted by atomic mass is 10.0. The Hall–Kier alpha value is -3.60. The largest absolute Gasteiger partial charge is 0.484 e. The van der Waals surface area contributed by atoms with Crippen LogP contribution in [0.1, 0.15) is 30.0 Å². The maximum atomic E-state index is 13.5.